The molecule has 7 nitrogen and oxygen atoms in total. The second-order valence-corrected chi connectivity index (χ2v) is 8.47. The third-order valence-corrected chi connectivity index (χ3v) is 5.71. The van der Waals surface area contributed by atoms with Gasteiger partial charge in [-0.3, -0.25) is 4.79 Å². The van der Waals surface area contributed by atoms with Gasteiger partial charge >= 0.3 is 0 Å². The number of aryl methyl sites for hydroxylation is 1. The molecule has 0 saturated carbocycles. The molecule has 0 bridgehead atoms. The number of furan rings is 1. The van der Waals surface area contributed by atoms with Crippen LogP contribution in [0.3, 0.4) is 0 Å². The predicted molar refractivity (Wildman–Crippen MR) is 98.2 cm³/mol. The molecule has 0 aliphatic carbocycles. The minimum atomic E-state index is -3.74. The molecular formula is C17H17N3O4S2. The minimum absolute atomic E-state index is 0.0261. The fourth-order valence-electron chi connectivity index (χ4n) is 2.41. The van der Waals surface area contributed by atoms with Gasteiger partial charge in [-0.1, -0.05) is 12.1 Å². The Hall–Kier alpha value is -2.49. The number of benzene rings is 1. The number of aromatic nitrogens is 1. The minimum Gasteiger partial charge on any atom is -0.462 e. The van der Waals surface area contributed by atoms with Gasteiger partial charge in [0.25, 0.3) is 5.91 Å². The number of carbonyl (C=O) groups is 1. The number of rotatable bonds is 5. The number of nitrogens with zero attached hydrogens (tertiary/aromatic N) is 1. The first-order valence-corrected chi connectivity index (χ1v) is 10.1. The highest BCUT2D eigenvalue weighted by molar-refractivity contribution is 7.89. The van der Waals surface area contributed by atoms with Crippen molar-refractivity contribution < 1.29 is 17.6 Å². The van der Waals surface area contributed by atoms with Gasteiger partial charge in [0.1, 0.15) is 5.69 Å². The molecule has 0 saturated heterocycles. The van der Waals surface area contributed by atoms with Crippen molar-refractivity contribution in [3.63, 3.8) is 0 Å². The third-order valence-electron chi connectivity index (χ3n) is 3.80. The first-order valence-electron chi connectivity index (χ1n) is 7.70. The average Bonchev–Trinajstić information content (AvgIpc) is 3.23. The van der Waals surface area contributed by atoms with Gasteiger partial charge in [-0.15, -0.1) is 11.3 Å². The molecule has 0 spiro atoms. The van der Waals surface area contributed by atoms with E-state index in [-0.39, 0.29) is 16.8 Å². The van der Waals surface area contributed by atoms with Crippen LogP contribution in [0.4, 0.5) is 0 Å². The molecule has 2 heterocycles. The quantitative estimate of drug-likeness (QED) is 0.694. The van der Waals surface area contributed by atoms with Crippen molar-refractivity contribution in [2.75, 3.05) is 0 Å². The zero-order chi connectivity index (χ0) is 18.9. The fourth-order valence-corrected chi connectivity index (χ4v) is 3.80. The summed E-state index contributed by atoms with van der Waals surface area (Å²) in [5.74, 6) is 0.309. The van der Waals surface area contributed by atoms with E-state index in [1.807, 2.05) is 6.92 Å². The Morgan fingerprint density at radius 1 is 1.27 bits per heavy atom. The highest BCUT2D eigenvalue weighted by atomic mass is 32.2. The first-order chi connectivity index (χ1) is 12.3. The lowest BCUT2D eigenvalue weighted by molar-refractivity contribution is 0.0935. The van der Waals surface area contributed by atoms with E-state index in [1.54, 1.807) is 37.5 Å². The second kappa shape index (κ2) is 7.02. The number of nitrogens with two attached hydrogens (primary N) is 1. The largest absolute Gasteiger partial charge is 0.462 e. The molecule has 2 aromatic heterocycles. The van der Waals surface area contributed by atoms with Gasteiger partial charge in [-0.2, -0.15) is 0 Å². The summed E-state index contributed by atoms with van der Waals surface area (Å²) in [6.45, 7) is 3.63. The van der Waals surface area contributed by atoms with Crippen LogP contribution in [0.2, 0.25) is 0 Å². The van der Waals surface area contributed by atoms with Crippen molar-refractivity contribution in [2.45, 2.75) is 24.8 Å². The van der Waals surface area contributed by atoms with E-state index in [2.05, 4.69) is 10.3 Å². The van der Waals surface area contributed by atoms with E-state index < -0.39 is 10.0 Å². The Morgan fingerprint density at radius 2 is 1.96 bits per heavy atom. The molecule has 136 valence electrons. The molecular weight excluding hydrogens is 374 g/mol. The van der Waals surface area contributed by atoms with Crippen LogP contribution in [0.15, 0.2) is 52.0 Å². The van der Waals surface area contributed by atoms with E-state index in [1.165, 1.54) is 23.5 Å². The standard InChI is InChI=1S/C17H17N3O4S2/c1-10(12-5-7-13(8-6-12)26(18,22)23)19-16(21)15-11(2)25-17(20-15)14-4-3-9-24-14/h3-10H,1-2H3,(H,19,21)(H2,18,22,23). The Bertz CT molecular complexity index is 1020. The summed E-state index contributed by atoms with van der Waals surface area (Å²) in [5.41, 5.74) is 1.10. The average molecular weight is 391 g/mol. The molecule has 1 unspecified atom stereocenters. The molecule has 3 aromatic rings. The molecule has 0 aliphatic heterocycles. The summed E-state index contributed by atoms with van der Waals surface area (Å²) >= 11 is 1.38. The van der Waals surface area contributed by atoms with E-state index in [0.717, 1.165) is 10.4 Å². The number of carbonyl (C=O) groups excluding carboxylic acids is 1. The maximum Gasteiger partial charge on any atom is 0.271 e. The monoisotopic (exact) mass is 391 g/mol. The van der Waals surface area contributed by atoms with Crippen LogP contribution in [-0.2, 0) is 10.0 Å². The first kappa shape index (κ1) is 18.3. The molecule has 1 amide bonds. The molecule has 3 N–H and O–H groups in total. The number of primary sulfonamides is 1. The summed E-state index contributed by atoms with van der Waals surface area (Å²) in [7, 11) is -3.74. The fraction of sp³-hybridized carbons (Fsp3) is 0.176. The van der Waals surface area contributed by atoms with Crippen molar-refractivity contribution in [2.24, 2.45) is 5.14 Å². The predicted octanol–water partition coefficient (Wildman–Crippen LogP) is 2.85. The van der Waals surface area contributed by atoms with Gasteiger partial charge in [-0.25, -0.2) is 18.5 Å². The number of hydrogen-bond donors (Lipinski definition) is 2. The van der Waals surface area contributed by atoms with Crippen molar-refractivity contribution in [3.05, 3.63) is 58.8 Å². The number of nitrogens with one attached hydrogen (secondary N) is 1. The SMILES string of the molecule is Cc1sc(-c2ccco2)nc1C(=O)NC(C)c1ccc(S(N)(=O)=O)cc1. The van der Waals surface area contributed by atoms with Gasteiger partial charge in [0, 0.05) is 4.88 Å². The topological polar surface area (TPSA) is 115 Å². The summed E-state index contributed by atoms with van der Waals surface area (Å²) in [5, 5.41) is 8.59. The van der Waals surface area contributed by atoms with Gasteiger partial charge in [0.2, 0.25) is 10.0 Å². The van der Waals surface area contributed by atoms with Crippen molar-refractivity contribution in [1.82, 2.24) is 10.3 Å². The zero-order valence-corrected chi connectivity index (χ0v) is 15.7. The number of thiazole rings is 1. The molecule has 9 heteroatoms. The summed E-state index contributed by atoms with van der Waals surface area (Å²) in [6.07, 6.45) is 1.55. The van der Waals surface area contributed by atoms with E-state index in [0.29, 0.717) is 16.5 Å². The van der Waals surface area contributed by atoms with Crippen molar-refractivity contribution in [1.29, 1.82) is 0 Å². The lowest BCUT2D eigenvalue weighted by Gasteiger charge is -2.14. The van der Waals surface area contributed by atoms with Gasteiger partial charge < -0.3 is 9.73 Å². The number of hydrogen-bond acceptors (Lipinski definition) is 6. The van der Waals surface area contributed by atoms with E-state index in [9.17, 15) is 13.2 Å². The van der Waals surface area contributed by atoms with Crippen LogP contribution in [-0.4, -0.2) is 19.3 Å². The molecule has 0 radical (unpaired) electrons. The lowest BCUT2D eigenvalue weighted by Crippen LogP contribution is -2.27. The number of sulfonamides is 1. The molecule has 0 fully saturated rings. The van der Waals surface area contributed by atoms with Crippen LogP contribution >= 0.6 is 11.3 Å². The van der Waals surface area contributed by atoms with Crippen molar-refractivity contribution >= 4 is 27.3 Å². The molecule has 1 aromatic carbocycles. The Labute approximate surface area is 154 Å². The summed E-state index contributed by atoms with van der Waals surface area (Å²) in [6, 6.07) is 9.28. The van der Waals surface area contributed by atoms with Crippen LogP contribution < -0.4 is 10.5 Å². The van der Waals surface area contributed by atoms with Gasteiger partial charge in [0.05, 0.1) is 17.2 Å². The highest BCUT2D eigenvalue weighted by Gasteiger charge is 2.20. The number of amides is 1. The van der Waals surface area contributed by atoms with Crippen LogP contribution in [0.25, 0.3) is 10.8 Å². The van der Waals surface area contributed by atoms with Crippen LogP contribution in [0.1, 0.15) is 33.9 Å². The summed E-state index contributed by atoms with van der Waals surface area (Å²) < 4.78 is 27.9. The van der Waals surface area contributed by atoms with Gasteiger partial charge in [-0.05, 0) is 43.7 Å². The molecule has 3 rings (SSSR count). The Kier molecular flexibility index (Phi) is 4.94. The molecule has 26 heavy (non-hydrogen) atoms. The van der Waals surface area contributed by atoms with E-state index in [4.69, 9.17) is 9.56 Å². The van der Waals surface area contributed by atoms with Crippen LogP contribution in [0.5, 0.6) is 0 Å². The molecule has 0 aliphatic rings. The van der Waals surface area contributed by atoms with Gasteiger partial charge in [0.15, 0.2) is 10.8 Å². The Morgan fingerprint density at radius 3 is 2.54 bits per heavy atom. The Balaban J connectivity index is 1.75. The van der Waals surface area contributed by atoms with Crippen LogP contribution in [0, 0.1) is 6.92 Å². The van der Waals surface area contributed by atoms with E-state index >= 15 is 0 Å². The normalized spacial score (nSPS) is 12.7. The smallest absolute Gasteiger partial charge is 0.271 e. The maximum atomic E-state index is 12.5. The summed E-state index contributed by atoms with van der Waals surface area (Å²) in [4.78, 5) is 17.7. The third kappa shape index (κ3) is 3.85. The zero-order valence-electron chi connectivity index (χ0n) is 14.1. The van der Waals surface area contributed by atoms with Crippen molar-refractivity contribution in [3.8, 4) is 10.8 Å². The maximum absolute atomic E-state index is 12.5. The lowest BCUT2D eigenvalue weighted by atomic mass is 10.1. The highest BCUT2D eigenvalue weighted by Crippen LogP contribution is 2.28. The second-order valence-electron chi connectivity index (χ2n) is 5.71. The molecule has 1 atom stereocenters.